The summed E-state index contributed by atoms with van der Waals surface area (Å²) >= 11 is 0. The molecule has 14 heavy (non-hydrogen) atoms. The molecule has 6 heteroatoms. The molecule has 0 saturated carbocycles. The molecule has 1 atom stereocenters. The molecule has 2 amide bonds. The first kappa shape index (κ1) is 11.1. The number of carbonyl (C=O) groups is 2. The largest absolute Gasteiger partial charge is 0.396 e. The summed E-state index contributed by atoms with van der Waals surface area (Å²) in [7, 11) is 0. The number of rotatable bonds is 4. The molecule has 1 heterocycles. The zero-order valence-electron chi connectivity index (χ0n) is 7.64. The maximum absolute atomic E-state index is 11.5. The lowest BCUT2D eigenvalue weighted by molar-refractivity contribution is -0.147. The molecule has 1 saturated heterocycles. The number of aliphatic hydroxyl groups excluding tert-OH is 2. The number of hydrogen-bond acceptors (Lipinski definition) is 5. The van der Waals surface area contributed by atoms with Crippen LogP contribution in [0, 0.1) is 0 Å². The summed E-state index contributed by atoms with van der Waals surface area (Å²) in [4.78, 5) is 23.5. The molecular formula is C8H13NO5. The standard InChI is InChI=1S/C8H13NO5/c10-3-1-8(14)5-6(12)9(2-4-11)7(8)13/h10-11,14H,1-5H2. The lowest BCUT2D eigenvalue weighted by Crippen LogP contribution is -2.42. The zero-order chi connectivity index (χ0) is 10.8. The second-order valence-corrected chi connectivity index (χ2v) is 3.26. The molecule has 1 fully saturated rings. The fourth-order valence-corrected chi connectivity index (χ4v) is 1.49. The summed E-state index contributed by atoms with van der Waals surface area (Å²) in [5.74, 6) is -1.24. The minimum Gasteiger partial charge on any atom is -0.396 e. The summed E-state index contributed by atoms with van der Waals surface area (Å²) in [5.41, 5.74) is -1.78. The normalized spacial score (nSPS) is 27.5. The summed E-state index contributed by atoms with van der Waals surface area (Å²) in [6.45, 7) is -0.791. The molecule has 1 rings (SSSR count). The molecule has 1 aliphatic rings. The van der Waals surface area contributed by atoms with Crippen molar-refractivity contribution in [2.75, 3.05) is 19.8 Å². The predicted octanol–water partition coefficient (Wildman–Crippen LogP) is -2.15. The number of amides is 2. The monoisotopic (exact) mass is 203 g/mol. The third kappa shape index (κ3) is 1.77. The molecule has 80 valence electrons. The molecule has 3 N–H and O–H groups in total. The Hall–Kier alpha value is -0.980. The van der Waals surface area contributed by atoms with Crippen molar-refractivity contribution in [1.82, 2.24) is 4.90 Å². The number of likely N-dealkylation sites (tertiary alicyclic amines) is 1. The third-order valence-corrected chi connectivity index (χ3v) is 2.24. The Morgan fingerprint density at radius 2 is 1.93 bits per heavy atom. The molecule has 1 aliphatic heterocycles. The average molecular weight is 203 g/mol. The Balaban J connectivity index is 2.77. The predicted molar refractivity (Wildman–Crippen MR) is 45.1 cm³/mol. The Morgan fingerprint density at radius 3 is 2.43 bits per heavy atom. The van der Waals surface area contributed by atoms with Crippen LogP contribution in [-0.2, 0) is 9.59 Å². The van der Waals surface area contributed by atoms with Crippen LogP contribution in [0.2, 0.25) is 0 Å². The van der Waals surface area contributed by atoms with Crippen LogP contribution in [0.3, 0.4) is 0 Å². The van der Waals surface area contributed by atoms with Gasteiger partial charge < -0.3 is 15.3 Å². The van der Waals surface area contributed by atoms with Gasteiger partial charge in [0.05, 0.1) is 19.6 Å². The lowest BCUT2D eigenvalue weighted by Gasteiger charge is -2.19. The van der Waals surface area contributed by atoms with Gasteiger partial charge in [0.15, 0.2) is 5.60 Å². The quantitative estimate of drug-likeness (QED) is 0.452. The summed E-state index contributed by atoms with van der Waals surface area (Å²) in [6.07, 6.45) is -0.466. The van der Waals surface area contributed by atoms with E-state index in [4.69, 9.17) is 10.2 Å². The summed E-state index contributed by atoms with van der Waals surface area (Å²) < 4.78 is 0. The smallest absolute Gasteiger partial charge is 0.261 e. The van der Waals surface area contributed by atoms with E-state index in [1.54, 1.807) is 0 Å². The van der Waals surface area contributed by atoms with Gasteiger partial charge in [-0.05, 0) is 0 Å². The van der Waals surface area contributed by atoms with Crippen molar-refractivity contribution in [3.8, 4) is 0 Å². The molecule has 1 unspecified atom stereocenters. The number of carbonyl (C=O) groups excluding carboxylic acids is 2. The molecule has 0 aromatic carbocycles. The minimum absolute atomic E-state index is 0.106. The first-order valence-corrected chi connectivity index (χ1v) is 4.34. The maximum atomic E-state index is 11.5. The third-order valence-electron chi connectivity index (χ3n) is 2.24. The highest BCUT2D eigenvalue weighted by molar-refractivity contribution is 6.07. The second kappa shape index (κ2) is 4.04. The number of aliphatic hydroxyl groups is 3. The number of β-amino-alcohol motifs (C(OH)–C–C–N with tert-alkyl or cyclic N) is 1. The molecule has 0 bridgehead atoms. The average Bonchev–Trinajstić information content (AvgIpc) is 2.31. The Morgan fingerprint density at radius 1 is 1.29 bits per heavy atom. The van der Waals surface area contributed by atoms with Gasteiger partial charge in [0.25, 0.3) is 5.91 Å². The van der Waals surface area contributed by atoms with Crippen LogP contribution in [0.4, 0.5) is 0 Å². The van der Waals surface area contributed by atoms with E-state index in [2.05, 4.69) is 0 Å². The maximum Gasteiger partial charge on any atom is 0.261 e. The van der Waals surface area contributed by atoms with Gasteiger partial charge in [-0.1, -0.05) is 0 Å². The van der Waals surface area contributed by atoms with Crippen molar-refractivity contribution in [3.63, 3.8) is 0 Å². The van der Waals surface area contributed by atoms with E-state index in [1.165, 1.54) is 0 Å². The van der Waals surface area contributed by atoms with Crippen molar-refractivity contribution >= 4 is 11.8 Å². The fraction of sp³-hybridized carbons (Fsp3) is 0.750. The van der Waals surface area contributed by atoms with Crippen molar-refractivity contribution < 1.29 is 24.9 Å². The molecule has 0 aliphatic carbocycles. The second-order valence-electron chi connectivity index (χ2n) is 3.26. The van der Waals surface area contributed by atoms with Gasteiger partial charge >= 0.3 is 0 Å². The highest BCUT2D eigenvalue weighted by atomic mass is 16.3. The van der Waals surface area contributed by atoms with E-state index in [0.29, 0.717) is 0 Å². The number of imide groups is 1. The van der Waals surface area contributed by atoms with Crippen LogP contribution in [-0.4, -0.2) is 57.4 Å². The number of nitrogens with zero attached hydrogens (tertiary/aromatic N) is 1. The van der Waals surface area contributed by atoms with Crippen LogP contribution in [0.5, 0.6) is 0 Å². The van der Waals surface area contributed by atoms with Gasteiger partial charge in [0.1, 0.15) is 0 Å². The topological polar surface area (TPSA) is 98.1 Å². The van der Waals surface area contributed by atoms with Gasteiger partial charge in [0.2, 0.25) is 5.91 Å². The Labute approximate surface area is 80.8 Å². The van der Waals surface area contributed by atoms with Gasteiger partial charge in [0, 0.05) is 13.0 Å². The van der Waals surface area contributed by atoms with E-state index in [9.17, 15) is 14.7 Å². The van der Waals surface area contributed by atoms with Gasteiger partial charge in [-0.2, -0.15) is 0 Å². The van der Waals surface area contributed by atoms with E-state index in [0.717, 1.165) is 4.90 Å². The number of hydrogen-bond donors (Lipinski definition) is 3. The molecule has 6 nitrogen and oxygen atoms in total. The summed E-state index contributed by atoms with van der Waals surface area (Å²) in [6, 6.07) is 0. The lowest BCUT2D eigenvalue weighted by atomic mass is 9.99. The highest BCUT2D eigenvalue weighted by Crippen LogP contribution is 2.26. The first-order chi connectivity index (χ1) is 6.55. The van der Waals surface area contributed by atoms with Crippen molar-refractivity contribution in [2.45, 2.75) is 18.4 Å². The van der Waals surface area contributed by atoms with Crippen molar-refractivity contribution in [2.24, 2.45) is 0 Å². The molecule has 0 aromatic heterocycles. The van der Waals surface area contributed by atoms with E-state index in [1.807, 2.05) is 0 Å². The Kier molecular flexibility index (Phi) is 3.20. The molecule has 0 aromatic rings. The van der Waals surface area contributed by atoms with Crippen molar-refractivity contribution in [1.29, 1.82) is 0 Å². The molecule has 0 radical (unpaired) electrons. The van der Waals surface area contributed by atoms with Gasteiger partial charge in [-0.15, -0.1) is 0 Å². The summed E-state index contributed by atoms with van der Waals surface area (Å²) in [5, 5.41) is 26.9. The Bertz CT molecular complexity index is 254. The van der Waals surface area contributed by atoms with Crippen LogP contribution >= 0.6 is 0 Å². The van der Waals surface area contributed by atoms with Gasteiger partial charge in [-0.25, -0.2) is 0 Å². The van der Waals surface area contributed by atoms with Crippen LogP contribution in [0.1, 0.15) is 12.8 Å². The molecular weight excluding hydrogens is 190 g/mol. The fourth-order valence-electron chi connectivity index (χ4n) is 1.49. The van der Waals surface area contributed by atoms with Crippen LogP contribution in [0.15, 0.2) is 0 Å². The van der Waals surface area contributed by atoms with Crippen LogP contribution in [0.25, 0.3) is 0 Å². The molecule has 0 spiro atoms. The highest BCUT2D eigenvalue weighted by Gasteiger charge is 2.49. The van der Waals surface area contributed by atoms with E-state index < -0.39 is 17.4 Å². The van der Waals surface area contributed by atoms with E-state index in [-0.39, 0.29) is 32.6 Å². The minimum atomic E-state index is -1.78. The zero-order valence-corrected chi connectivity index (χ0v) is 7.64. The van der Waals surface area contributed by atoms with E-state index >= 15 is 0 Å². The SMILES string of the molecule is O=C1CC(O)(CCO)C(=O)N1CCO. The first-order valence-electron chi connectivity index (χ1n) is 4.34. The van der Waals surface area contributed by atoms with Crippen LogP contribution < -0.4 is 0 Å². The van der Waals surface area contributed by atoms with Crippen molar-refractivity contribution in [3.05, 3.63) is 0 Å². The van der Waals surface area contributed by atoms with Gasteiger partial charge in [-0.3, -0.25) is 14.5 Å².